The molecule has 0 radical (unpaired) electrons. The van der Waals surface area contributed by atoms with Crippen molar-refractivity contribution >= 4 is 33.3 Å². The van der Waals surface area contributed by atoms with E-state index in [4.69, 9.17) is 0 Å². The van der Waals surface area contributed by atoms with Gasteiger partial charge in [-0.3, -0.25) is 9.59 Å². The Morgan fingerprint density at radius 2 is 1.89 bits per heavy atom. The van der Waals surface area contributed by atoms with Gasteiger partial charge in [0.2, 0.25) is 5.91 Å². The monoisotopic (exact) mass is 447 g/mol. The van der Waals surface area contributed by atoms with Crippen molar-refractivity contribution in [3.63, 3.8) is 0 Å². The first-order valence-corrected chi connectivity index (χ1v) is 12.0. The van der Waals surface area contributed by atoms with E-state index >= 15 is 0 Å². The van der Waals surface area contributed by atoms with Gasteiger partial charge in [-0.15, -0.1) is 0 Å². The molecule has 2 aliphatic rings. The number of hydrogen-bond acceptors (Lipinski definition) is 2. The van der Waals surface area contributed by atoms with E-state index in [1.165, 1.54) is 32.1 Å². The molecular weight excluding hydrogens is 414 g/mol. The van der Waals surface area contributed by atoms with Crippen molar-refractivity contribution < 1.29 is 9.59 Å². The Kier molecular flexibility index (Phi) is 7.36. The summed E-state index contributed by atoms with van der Waals surface area (Å²) in [4.78, 5) is 27.6. The van der Waals surface area contributed by atoms with E-state index in [-0.39, 0.29) is 22.4 Å². The Hall–Kier alpha value is -1.16. The molecule has 0 aromatic heterocycles. The highest BCUT2D eigenvalue weighted by molar-refractivity contribution is 9.10. The first kappa shape index (κ1) is 21.5. The summed E-state index contributed by atoms with van der Waals surface area (Å²) in [7, 11) is 0. The third-order valence-corrected chi connectivity index (χ3v) is 8.00. The van der Waals surface area contributed by atoms with Crippen LogP contribution in [-0.2, 0) is 11.2 Å². The van der Waals surface area contributed by atoms with Crippen molar-refractivity contribution in [2.75, 3.05) is 11.4 Å². The molecule has 1 aromatic carbocycles. The van der Waals surface area contributed by atoms with Crippen LogP contribution in [0.2, 0.25) is 0 Å². The lowest BCUT2D eigenvalue weighted by Gasteiger charge is -2.30. The number of rotatable bonds is 7. The zero-order chi connectivity index (χ0) is 20.3. The van der Waals surface area contributed by atoms with E-state index in [0.717, 1.165) is 48.5 Å². The number of amides is 1. The molecule has 1 saturated carbocycles. The van der Waals surface area contributed by atoms with Gasteiger partial charge in [-0.05, 0) is 67.7 Å². The molecule has 0 bridgehead atoms. The molecule has 1 atom stereocenters. The molecule has 0 spiro atoms. The third-order valence-electron chi connectivity index (χ3n) is 6.52. The molecule has 1 aliphatic carbocycles. The number of carbonyl (C=O) groups excluding carboxylic acids is 2. The first-order chi connectivity index (χ1) is 13.4. The summed E-state index contributed by atoms with van der Waals surface area (Å²) >= 11 is 3.52. The summed E-state index contributed by atoms with van der Waals surface area (Å²) in [5, 5.41) is 0. The zero-order valence-corrected chi connectivity index (χ0v) is 19.1. The largest absolute Gasteiger partial charge is 0.312 e. The van der Waals surface area contributed by atoms with Crippen LogP contribution >= 0.6 is 15.9 Å². The minimum atomic E-state index is -0.160. The Morgan fingerprint density at radius 1 is 1.18 bits per heavy atom. The highest BCUT2D eigenvalue weighted by atomic mass is 79.9. The maximum Gasteiger partial charge on any atom is 0.230 e. The van der Waals surface area contributed by atoms with Crippen molar-refractivity contribution in [2.45, 2.75) is 77.0 Å². The van der Waals surface area contributed by atoms with E-state index < -0.39 is 0 Å². The predicted molar refractivity (Wildman–Crippen MR) is 119 cm³/mol. The van der Waals surface area contributed by atoms with Crippen LogP contribution in [0.1, 0.15) is 81.6 Å². The van der Waals surface area contributed by atoms with Crippen molar-refractivity contribution in [1.82, 2.24) is 0 Å². The van der Waals surface area contributed by atoms with Crippen molar-refractivity contribution in [3.05, 3.63) is 29.3 Å². The number of halogens is 1. The predicted octanol–water partition coefficient (Wildman–Crippen LogP) is 6.17. The second-order valence-electron chi connectivity index (χ2n) is 8.95. The van der Waals surface area contributed by atoms with Crippen LogP contribution in [0.15, 0.2) is 18.2 Å². The zero-order valence-electron chi connectivity index (χ0n) is 17.5. The summed E-state index contributed by atoms with van der Waals surface area (Å²) in [5.74, 6) is 1.69. The molecule has 0 saturated heterocycles. The van der Waals surface area contributed by atoms with Gasteiger partial charge in [0, 0.05) is 23.7 Å². The van der Waals surface area contributed by atoms with E-state index in [1.807, 2.05) is 36.9 Å². The third kappa shape index (κ3) is 4.69. The van der Waals surface area contributed by atoms with Gasteiger partial charge in [-0.2, -0.15) is 0 Å². The minimum Gasteiger partial charge on any atom is -0.312 e. The van der Waals surface area contributed by atoms with Gasteiger partial charge >= 0.3 is 0 Å². The summed E-state index contributed by atoms with van der Waals surface area (Å²) in [5.41, 5.74) is 2.91. The first-order valence-electron chi connectivity index (χ1n) is 11.0. The molecule has 1 amide bonds. The van der Waals surface area contributed by atoms with Crippen LogP contribution in [0.25, 0.3) is 0 Å². The van der Waals surface area contributed by atoms with E-state index in [1.54, 1.807) is 0 Å². The van der Waals surface area contributed by atoms with Gasteiger partial charge in [-0.25, -0.2) is 0 Å². The molecule has 0 N–H and O–H groups in total. The summed E-state index contributed by atoms with van der Waals surface area (Å²) in [6.07, 6.45) is 9.23. The summed E-state index contributed by atoms with van der Waals surface area (Å²) < 4.78 is 0. The highest BCUT2D eigenvalue weighted by Gasteiger charge is 2.33. The molecule has 4 heteroatoms. The maximum absolute atomic E-state index is 13.2. The number of anilines is 1. The van der Waals surface area contributed by atoms with Gasteiger partial charge in [-0.1, -0.05) is 56.0 Å². The fourth-order valence-corrected chi connectivity index (χ4v) is 4.92. The van der Waals surface area contributed by atoms with Crippen molar-refractivity contribution in [2.24, 2.45) is 17.8 Å². The van der Waals surface area contributed by atoms with Crippen LogP contribution < -0.4 is 4.90 Å². The molecular formula is C24H34BrNO2. The van der Waals surface area contributed by atoms with Crippen LogP contribution in [0.3, 0.4) is 0 Å². The van der Waals surface area contributed by atoms with Crippen molar-refractivity contribution in [1.29, 1.82) is 0 Å². The molecule has 28 heavy (non-hydrogen) atoms. The summed E-state index contributed by atoms with van der Waals surface area (Å²) in [6.45, 7) is 7.09. The quantitative estimate of drug-likeness (QED) is 0.369. The molecule has 1 fully saturated rings. The Bertz CT molecular complexity index is 707. The summed E-state index contributed by atoms with van der Waals surface area (Å²) in [6, 6.07) is 5.88. The number of ketones is 1. The average Bonchev–Trinajstić information content (AvgIpc) is 3.14. The number of hydrogen-bond donors (Lipinski definition) is 0. The van der Waals surface area contributed by atoms with Gasteiger partial charge in [0.1, 0.15) is 0 Å². The van der Waals surface area contributed by atoms with Crippen molar-refractivity contribution in [3.8, 4) is 0 Å². The van der Waals surface area contributed by atoms with Gasteiger partial charge < -0.3 is 4.90 Å². The Labute approximate surface area is 178 Å². The minimum absolute atomic E-state index is 0.132. The van der Waals surface area contributed by atoms with Gasteiger partial charge in [0.05, 0.1) is 4.83 Å². The topological polar surface area (TPSA) is 37.4 Å². The van der Waals surface area contributed by atoms with Crippen LogP contribution in [0.5, 0.6) is 0 Å². The van der Waals surface area contributed by atoms with Crippen LogP contribution in [-0.4, -0.2) is 23.1 Å². The fourth-order valence-electron chi connectivity index (χ4n) is 4.66. The standard InChI is InChI=1S/C24H34BrNO2/c1-4-5-6-17-7-9-18(10-8-17)24(28)26-14-13-19-15-20(11-12-21(19)26)23(27)22(25)16(2)3/h11-12,15-18,22H,4-10,13-14H2,1-3H3. The van der Waals surface area contributed by atoms with Crippen LogP contribution in [0, 0.1) is 17.8 Å². The van der Waals surface area contributed by atoms with Gasteiger partial charge in [0.15, 0.2) is 5.78 Å². The molecule has 1 aromatic rings. The van der Waals surface area contributed by atoms with E-state index in [2.05, 4.69) is 22.9 Å². The molecule has 1 heterocycles. The normalized spacial score (nSPS) is 23.0. The Balaban J connectivity index is 1.64. The number of unbranched alkanes of at least 4 members (excludes halogenated alkanes) is 1. The van der Waals surface area contributed by atoms with E-state index in [0.29, 0.717) is 5.91 Å². The number of Topliss-reactive ketones (excluding diaryl/α,β-unsaturated/α-hetero) is 1. The maximum atomic E-state index is 13.2. The number of alkyl halides is 1. The molecule has 1 unspecified atom stereocenters. The second kappa shape index (κ2) is 9.56. The Morgan fingerprint density at radius 3 is 2.54 bits per heavy atom. The molecule has 3 rings (SSSR count). The number of carbonyl (C=O) groups is 2. The lowest BCUT2D eigenvalue weighted by atomic mass is 9.79. The highest BCUT2D eigenvalue weighted by Crippen LogP contribution is 2.36. The number of nitrogens with zero attached hydrogens (tertiary/aromatic N) is 1. The molecule has 154 valence electrons. The lowest BCUT2D eigenvalue weighted by molar-refractivity contribution is -0.123. The lowest BCUT2D eigenvalue weighted by Crippen LogP contribution is -2.36. The second-order valence-corrected chi connectivity index (χ2v) is 9.94. The SMILES string of the molecule is CCCCC1CCC(C(=O)N2CCc3cc(C(=O)C(Br)C(C)C)ccc32)CC1. The molecule has 3 nitrogen and oxygen atoms in total. The van der Waals surface area contributed by atoms with Crippen LogP contribution in [0.4, 0.5) is 5.69 Å². The smallest absolute Gasteiger partial charge is 0.230 e. The number of fused-ring (bicyclic) bond motifs is 1. The fraction of sp³-hybridized carbons (Fsp3) is 0.667. The van der Waals surface area contributed by atoms with E-state index in [9.17, 15) is 9.59 Å². The number of benzene rings is 1. The average molecular weight is 448 g/mol. The molecule has 1 aliphatic heterocycles. The van der Waals surface area contributed by atoms with Gasteiger partial charge in [0.25, 0.3) is 0 Å².